The molecule has 3 heteroatoms. The molecule has 1 aromatic rings. The molecule has 0 radical (unpaired) electrons. The van der Waals surface area contributed by atoms with E-state index in [0.717, 1.165) is 6.20 Å². The maximum absolute atomic E-state index is 12.5. The minimum Gasteiger partial charge on any atom is -0.386 e. The van der Waals surface area contributed by atoms with Gasteiger partial charge >= 0.3 is 0 Å². The van der Waals surface area contributed by atoms with Crippen LogP contribution in [-0.4, -0.2) is 10.1 Å². The largest absolute Gasteiger partial charge is 0.386 e. The first kappa shape index (κ1) is 10.1. The third-order valence-electron chi connectivity index (χ3n) is 1.85. The van der Waals surface area contributed by atoms with Gasteiger partial charge in [-0.15, -0.1) is 0 Å². The molecule has 0 saturated carbocycles. The van der Waals surface area contributed by atoms with Crippen molar-refractivity contribution in [3.05, 3.63) is 29.8 Å². The van der Waals surface area contributed by atoms with Crippen LogP contribution in [0.4, 0.5) is 4.39 Å². The zero-order chi connectivity index (χ0) is 10.1. The van der Waals surface area contributed by atoms with Crippen LogP contribution < -0.4 is 0 Å². The fourth-order valence-corrected chi connectivity index (χ4v) is 0.993. The zero-order valence-corrected chi connectivity index (χ0v) is 8.08. The van der Waals surface area contributed by atoms with Crippen LogP contribution in [0.15, 0.2) is 18.3 Å². The second-order valence-corrected chi connectivity index (χ2v) is 4.17. The maximum Gasteiger partial charge on any atom is 0.141 e. The maximum atomic E-state index is 12.5. The number of hydrogen-bond donors (Lipinski definition) is 1. The highest BCUT2D eigenvalue weighted by molar-refractivity contribution is 5.09. The monoisotopic (exact) mass is 183 g/mol. The summed E-state index contributed by atoms with van der Waals surface area (Å²) in [4.78, 5) is 3.82. The average molecular weight is 183 g/mol. The van der Waals surface area contributed by atoms with E-state index in [1.54, 1.807) is 0 Å². The van der Waals surface area contributed by atoms with E-state index in [9.17, 15) is 9.50 Å². The molecule has 0 amide bonds. The normalized spacial score (nSPS) is 14.2. The molecule has 1 aromatic heterocycles. The first-order valence-electron chi connectivity index (χ1n) is 4.21. The Hall–Kier alpha value is -0.960. The Morgan fingerprint density at radius 1 is 1.38 bits per heavy atom. The molecule has 0 spiro atoms. The van der Waals surface area contributed by atoms with Gasteiger partial charge in [-0.2, -0.15) is 0 Å². The summed E-state index contributed by atoms with van der Waals surface area (Å²) in [7, 11) is 0. The second kappa shape index (κ2) is 3.42. The summed E-state index contributed by atoms with van der Waals surface area (Å²) in [6.45, 7) is 5.72. The molecule has 0 fully saturated rings. The van der Waals surface area contributed by atoms with Gasteiger partial charge < -0.3 is 5.11 Å². The quantitative estimate of drug-likeness (QED) is 0.724. The number of nitrogens with zero attached hydrogens (tertiary/aromatic N) is 1. The van der Waals surface area contributed by atoms with Gasteiger partial charge in [0.25, 0.3) is 0 Å². The molecule has 0 bridgehead atoms. The van der Waals surface area contributed by atoms with Crippen LogP contribution in [0.3, 0.4) is 0 Å². The Morgan fingerprint density at radius 2 is 2.00 bits per heavy atom. The number of aromatic nitrogens is 1. The van der Waals surface area contributed by atoms with Crippen molar-refractivity contribution in [2.75, 3.05) is 0 Å². The van der Waals surface area contributed by atoms with Gasteiger partial charge in [-0.3, -0.25) is 4.98 Å². The first-order chi connectivity index (χ1) is 5.91. The predicted molar refractivity (Wildman–Crippen MR) is 48.6 cm³/mol. The van der Waals surface area contributed by atoms with Crippen LogP contribution in [0.2, 0.25) is 0 Å². The van der Waals surface area contributed by atoms with Gasteiger partial charge in [0, 0.05) is 0 Å². The Bertz CT molecular complexity index is 276. The van der Waals surface area contributed by atoms with Crippen LogP contribution in [-0.2, 0) is 0 Å². The highest BCUT2D eigenvalue weighted by atomic mass is 19.1. The lowest BCUT2D eigenvalue weighted by Gasteiger charge is -2.24. The van der Waals surface area contributed by atoms with E-state index in [1.807, 2.05) is 20.8 Å². The van der Waals surface area contributed by atoms with Crippen LogP contribution in [0.1, 0.15) is 32.6 Å². The fraction of sp³-hybridized carbons (Fsp3) is 0.500. The Kier molecular flexibility index (Phi) is 2.66. The van der Waals surface area contributed by atoms with Crippen molar-refractivity contribution >= 4 is 0 Å². The van der Waals surface area contributed by atoms with Gasteiger partial charge in [-0.05, 0) is 17.5 Å². The van der Waals surface area contributed by atoms with Crippen molar-refractivity contribution in [3.63, 3.8) is 0 Å². The summed E-state index contributed by atoms with van der Waals surface area (Å²) < 4.78 is 12.5. The molecule has 0 saturated heterocycles. The van der Waals surface area contributed by atoms with E-state index in [1.165, 1.54) is 12.1 Å². The number of aliphatic hydroxyl groups excluding tert-OH is 1. The summed E-state index contributed by atoms with van der Waals surface area (Å²) >= 11 is 0. The summed E-state index contributed by atoms with van der Waals surface area (Å²) in [6, 6.07) is 2.81. The molecule has 1 rings (SSSR count). The van der Waals surface area contributed by atoms with E-state index in [2.05, 4.69) is 4.98 Å². The van der Waals surface area contributed by atoms with Crippen LogP contribution >= 0.6 is 0 Å². The van der Waals surface area contributed by atoms with E-state index < -0.39 is 6.10 Å². The third kappa shape index (κ3) is 2.49. The second-order valence-electron chi connectivity index (χ2n) is 4.17. The molecule has 0 aliphatic rings. The zero-order valence-electron chi connectivity index (χ0n) is 8.08. The molecule has 1 atom stereocenters. The molecular formula is C10H14FNO. The number of rotatable bonds is 1. The molecule has 2 nitrogen and oxygen atoms in total. The molecule has 72 valence electrons. The minimum atomic E-state index is -0.659. The summed E-state index contributed by atoms with van der Waals surface area (Å²) in [6.07, 6.45) is 0.456. The van der Waals surface area contributed by atoms with Crippen LogP contribution in [0.5, 0.6) is 0 Å². The molecule has 1 N–H and O–H groups in total. The highest BCUT2D eigenvalue weighted by Crippen LogP contribution is 2.30. The minimum absolute atomic E-state index is 0.273. The summed E-state index contributed by atoms with van der Waals surface area (Å²) in [5.74, 6) is -0.384. The topological polar surface area (TPSA) is 33.1 Å². The number of pyridine rings is 1. The van der Waals surface area contributed by atoms with E-state index in [4.69, 9.17) is 0 Å². The average Bonchev–Trinajstić information content (AvgIpc) is 2.03. The van der Waals surface area contributed by atoms with Crippen LogP contribution in [0.25, 0.3) is 0 Å². The lowest BCUT2D eigenvalue weighted by atomic mass is 9.87. The Balaban J connectivity index is 2.90. The van der Waals surface area contributed by atoms with E-state index >= 15 is 0 Å². The van der Waals surface area contributed by atoms with Crippen molar-refractivity contribution in [1.29, 1.82) is 0 Å². The van der Waals surface area contributed by atoms with Crippen molar-refractivity contribution in [3.8, 4) is 0 Å². The van der Waals surface area contributed by atoms with Gasteiger partial charge in [-0.1, -0.05) is 20.8 Å². The standard InChI is InChI=1S/C10H14FNO/c1-10(2,3)9(13)8-5-4-7(11)6-12-8/h4-6,9,13H,1-3H3. The van der Waals surface area contributed by atoms with Crippen molar-refractivity contribution in [2.24, 2.45) is 5.41 Å². The van der Waals surface area contributed by atoms with Gasteiger partial charge in [0.2, 0.25) is 0 Å². The van der Waals surface area contributed by atoms with Crippen molar-refractivity contribution in [1.82, 2.24) is 4.98 Å². The van der Waals surface area contributed by atoms with Crippen molar-refractivity contribution < 1.29 is 9.50 Å². The van der Waals surface area contributed by atoms with Crippen LogP contribution in [0, 0.1) is 11.2 Å². The molecule has 13 heavy (non-hydrogen) atoms. The third-order valence-corrected chi connectivity index (χ3v) is 1.85. The SMILES string of the molecule is CC(C)(C)C(O)c1ccc(F)cn1. The summed E-state index contributed by atoms with van der Waals surface area (Å²) in [5, 5.41) is 9.76. The van der Waals surface area contributed by atoms with Gasteiger partial charge in [-0.25, -0.2) is 4.39 Å². The number of halogens is 1. The Morgan fingerprint density at radius 3 is 2.38 bits per heavy atom. The summed E-state index contributed by atoms with van der Waals surface area (Å²) in [5.41, 5.74) is 0.235. The smallest absolute Gasteiger partial charge is 0.141 e. The molecule has 0 aliphatic heterocycles. The lowest BCUT2D eigenvalue weighted by Crippen LogP contribution is -2.18. The Labute approximate surface area is 77.4 Å². The predicted octanol–water partition coefficient (Wildman–Crippen LogP) is 2.30. The lowest BCUT2D eigenvalue weighted by molar-refractivity contribution is 0.0588. The first-order valence-corrected chi connectivity index (χ1v) is 4.21. The molecular weight excluding hydrogens is 169 g/mol. The molecule has 1 heterocycles. The highest BCUT2D eigenvalue weighted by Gasteiger charge is 2.24. The van der Waals surface area contributed by atoms with Gasteiger partial charge in [0.05, 0.1) is 11.9 Å². The van der Waals surface area contributed by atoms with Crippen molar-refractivity contribution in [2.45, 2.75) is 26.9 Å². The molecule has 0 aliphatic carbocycles. The molecule has 0 aromatic carbocycles. The molecule has 1 unspecified atom stereocenters. The van der Waals surface area contributed by atoms with E-state index in [-0.39, 0.29) is 11.2 Å². The number of aliphatic hydroxyl groups is 1. The van der Waals surface area contributed by atoms with Gasteiger partial charge in [0.15, 0.2) is 0 Å². The number of hydrogen-bond acceptors (Lipinski definition) is 2. The fourth-order valence-electron chi connectivity index (χ4n) is 0.993. The van der Waals surface area contributed by atoms with Gasteiger partial charge in [0.1, 0.15) is 11.9 Å². The van der Waals surface area contributed by atoms with E-state index in [0.29, 0.717) is 5.69 Å².